The van der Waals surface area contributed by atoms with Crippen LogP contribution in [0.4, 0.5) is 0 Å². The Hall–Kier alpha value is -0.0600. The van der Waals surface area contributed by atoms with Gasteiger partial charge in [-0.05, 0) is 56.0 Å². The topological polar surface area (TPSA) is 233 Å². The van der Waals surface area contributed by atoms with Crippen LogP contribution in [0, 0.1) is 41.1 Å². The average molecular weight is 889 g/mol. The normalized spacial score (nSPS) is 26.8. The maximum atomic E-state index is 12.8. The molecule has 7 atom stereocenters. The molecule has 0 bridgehead atoms. The summed E-state index contributed by atoms with van der Waals surface area (Å²) in [6.45, 7) is 31.0. The molecule has 7 unspecified atom stereocenters. The van der Waals surface area contributed by atoms with Gasteiger partial charge in [0, 0.05) is 43.4 Å². The fraction of sp³-hybridized carbons (Fsp3) is 0.919. The van der Waals surface area contributed by atoms with Crippen LogP contribution in [0.1, 0.15) is 89.5 Å². The largest absolute Gasteiger partial charge is 0.447 e. The fourth-order valence-corrected chi connectivity index (χ4v) is 20.4. The Labute approximate surface area is 334 Å². The molecule has 1 aliphatic heterocycles. The summed E-state index contributed by atoms with van der Waals surface area (Å²) in [5, 5.41) is 57.8. The van der Waals surface area contributed by atoms with Gasteiger partial charge in [-0.3, -0.25) is 0 Å². The molecule has 0 aliphatic carbocycles. The second-order valence-electron chi connectivity index (χ2n) is 17.7. The first-order valence-electron chi connectivity index (χ1n) is 18.8. The van der Waals surface area contributed by atoms with Gasteiger partial charge in [0.25, 0.3) is 0 Å². The van der Waals surface area contributed by atoms with Crippen molar-refractivity contribution in [2.24, 2.45) is 29.1 Å². The van der Waals surface area contributed by atoms with Crippen molar-refractivity contribution in [2.75, 3.05) is 76.3 Å². The summed E-state index contributed by atoms with van der Waals surface area (Å²) in [4.78, 5) is 8.00. The minimum absolute atomic E-state index is 0.00880. The third-order valence-electron chi connectivity index (χ3n) is 7.53. The minimum Gasteiger partial charge on any atom is -0.447 e. The van der Waals surface area contributed by atoms with E-state index in [4.69, 9.17) is 19.7 Å². The van der Waals surface area contributed by atoms with Crippen LogP contribution < -0.4 is 0 Å². The van der Waals surface area contributed by atoms with Gasteiger partial charge in [-0.25, -0.2) is 0 Å². The maximum Gasteiger partial charge on any atom is 0.148 e. The molecule has 18 heteroatoms. The zero-order chi connectivity index (χ0) is 44.8. The van der Waals surface area contributed by atoms with Gasteiger partial charge in [-0.2, -0.15) is 0 Å². The van der Waals surface area contributed by atoms with Gasteiger partial charge in [0.1, 0.15) is 64.8 Å². The lowest BCUT2D eigenvalue weighted by Crippen LogP contribution is -2.46. The van der Waals surface area contributed by atoms with E-state index >= 15 is 0 Å². The first-order valence-corrected chi connectivity index (χ1v) is 30.5. The summed E-state index contributed by atoms with van der Waals surface area (Å²) < 4.78 is 64.8. The lowest BCUT2D eigenvalue weighted by molar-refractivity contribution is -0.0980. The van der Waals surface area contributed by atoms with Gasteiger partial charge in [0.05, 0.1) is 26.4 Å². The zero-order valence-corrected chi connectivity index (χ0v) is 41.1. The SMILES string of the molecule is C=O.CC(C)(C)CP(C)(=O)CO.CC(C)CP(C)(=O)CO.CC(C)CP1(=O)C(O)C(O)P(=O)(CC(C)C)C(O)C1O.CCOC#CCCP(C)(=O)CC(C)C. The Morgan fingerprint density at radius 3 is 1.20 bits per heavy atom. The molecule has 0 aromatic carbocycles. The van der Waals surface area contributed by atoms with Crippen molar-refractivity contribution < 1.29 is 63.0 Å². The molecule has 1 aliphatic rings. The Bertz CT molecular complexity index is 1280. The van der Waals surface area contributed by atoms with Crippen molar-refractivity contribution in [3.8, 4) is 12.0 Å². The molecular formula is C37H81O13P5. The first-order chi connectivity index (χ1) is 24.7. The molecule has 13 nitrogen and oxygen atoms in total. The second kappa shape index (κ2) is 28.4. The molecule has 0 radical (unpaired) electrons. The number of hydrogen-bond acceptors (Lipinski definition) is 13. The van der Waals surface area contributed by atoms with E-state index in [-0.39, 0.29) is 42.3 Å². The minimum atomic E-state index is -3.65. The molecule has 55 heavy (non-hydrogen) atoms. The maximum absolute atomic E-state index is 12.8. The van der Waals surface area contributed by atoms with Crippen LogP contribution in [0.25, 0.3) is 0 Å². The highest BCUT2D eigenvalue weighted by molar-refractivity contribution is 7.73. The Balaban J connectivity index is -0.000000327. The molecule has 0 aromatic rings. The van der Waals surface area contributed by atoms with Gasteiger partial charge < -0.3 is 63.0 Å². The van der Waals surface area contributed by atoms with E-state index < -0.39 is 59.1 Å². The van der Waals surface area contributed by atoms with E-state index in [2.05, 4.69) is 25.9 Å². The fourth-order valence-electron chi connectivity index (χ4n) is 6.00. The van der Waals surface area contributed by atoms with E-state index in [1.807, 2.05) is 55.0 Å². The Morgan fingerprint density at radius 2 is 0.982 bits per heavy atom. The zero-order valence-electron chi connectivity index (χ0n) is 36.7. The highest BCUT2D eigenvalue weighted by atomic mass is 31.2. The number of hydrogen-bond donors (Lipinski definition) is 6. The van der Waals surface area contributed by atoms with Crippen LogP contribution in [0.3, 0.4) is 0 Å². The standard InChI is InChI=1S/C12H26O6P2.C11H21O2P.C7H17O2P.C6H15O2P.CH2O/c1-7(2)5-19(17)9(13)11(15)20(18,6-8(3)4)12(16)10(19)14;1-5-13-8-6-7-9-14(4,12)10-11(2)3;1-7(2,3)5-10(4,9)6-8;1-6(2)4-9(3,8)5-7;1-2/h7-16H,5-6H2,1-4H3;11H,5,7,9-10H2,1-4H3;8H,5-6H2,1-4H3;6-7H,4-5H2,1-3H3;1H2. The van der Waals surface area contributed by atoms with E-state index in [9.17, 15) is 43.3 Å². The van der Waals surface area contributed by atoms with Gasteiger partial charge in [-0.1, -0.05) is 82.1 Å². The molecule has 0 amide bonds. The van der Waals surface area contributed by atoms with E-state index in [1.165, 1.54) is 0 Å². The van der Waals surface area contributed by atoms with Gasteiger partial charge >= 0.3 is 0 Å². The van der Waals surface area contributed by atoms with Crippen LogP contribution >= 0.6 is 35.7 Å². The van der Waals surface area contributed by atoms with Crippen molar-refractivity contribution in [1.82, 2.24) is 0 Å². The van der Waals surface area contributed by atoms with Crippen molar-refractivity contribution in [3.63, 3.8) is 0 Å². The lowest BCUT2D eigenvalue weighted by atomic mass is 10.0. The summed E-state index contributed by atoms with van der Waals surface area (Å²) >= 11 is 0. The van der Waals surface area contributed by atoms with Crippen LogP contribution in [0.2, 0.25) is 0 Å². The molecule has 1 fully saturated rings. The molecule has 1 heterocycles. The molecule has 1 rings (SSSR count). The lowest BCUT2D eigenvalue weighted by Gasteiger charge is -2.45. The quantitative estimate of drug-likeness (QED) is 0.0726. The van der Waals surface area contributed by atoms with Gasteiger partial charge in [-0.15, -0.1) is 0 Å². The molecule has 0 spiro atoms. The highest BCUT2D eigenvalue weighted by Gasteiger charge is 2.61. The van der Waals surface area contributed by atoms with E-state index in [0.29, 0.717) is 43.3 Å². The van der Waals surface area contributed by atoms with Crippen molar-refractivity contribution in [2.45, 2.75) is 113 Å². The number of carbonyl (C=O) groups excluding carboxylic acids is 1. The van der Waals surface area contributed by atoms with E-state index in [0.717, 1.165) is 6.16 Å². The summed E-state index contributed by atoms with van der Waals surface area (Å²) in [6, 6.07) is 0. The van der Waals surface area contributed by atoms with Gasteiger partial charge in [0.2, 0.25) is 0 Å². The smallest absolute Gasteiger partial charge is 0.148 e. The van der Waals surface area contributed by atoms with E-state index in [1.54, 1.807) is 41.0 Å². The monoisotopic (exact) mass is 888 g/mol. The second-order valence-corrected chi connectivity index (χ2v) is 33.8. The molecule has 332 valence electrons. The summed E-state index contributed by atoms with van der Waals surface area (Å²) in [5.41, 5.74) is 0.0625. The molecular weight excluding hydrogens is 807 g/mol. The van der Waals surface area contributed by atoms with Crippen molar-refractivity contribution in [3.05, 3.63) is 0 Å². The molecule has 6 N–H and O–H groups in total. The van der Waals surface area contributed by atoms with Crippen molar-refractivity contribution in [1.29, 1.82) is 0 Å². The first kappa shape index (κ1) is 61.6. The number of aliphatic hydroxyl groups is 6. The number of ether oxygens (including phenoxy) is 1. The summed E-state index contributed by atoms with van der Waals surface area (Å²) in [7, 11) is -13.7. The van der Waals surface area contributed by atoms with Crippen LogP contribution in [0.5, 0.6) is 0 Å². The number of aliphatic hydroxyl groups excluding tert-OH is 6. The predicted octanol–water partition coefficient (Wildman–Crippen LogP) is 7.71. The summed E-state index contributed by atoms with van der Waals surface area (Å²) in [5.74, 6) is -3.35. The van der Waals surface area contributed by atoms with Crippen molar-refractivity contribution >= 4 is 42.5 Å². The van der Waals surface area contributed by atoms with Crippen LogP contribution in [-0.4, -0.2) is 137 Å². The van der Waals surface area contributed by atoms with Crippen LogP contribution in [-0.2, 0) is 32.4 Å². The van der Waals surface area contributed by atoms with Crippen LogP contribution in [0.15, 0.2) is 0 Å². The number of carbonyl (C=O) groups is 1. The van der Waals surface area contributed by atoms with Gasteiger partial charge in [0.15, 0.2) is 0 Å². The third kappa shape index (κ3) is 28.1. The Kier molecular flexibility index (Phi) is 31.8. The third-order valence-corrected chi connectivity index (χ3v) is 22.3. The number of rotatable bonds is 14. The average Bonchev–Trinajstić information content (AvgIpc) is 3.01. The predicted molar refractivity (Wildman–Crippen MR) is 233 cm³/mol. The molecule has 0 saturated carbocycles. The molecule has 0 aromatic heterocycles. The highest BCUT2D eigenvalue weighted by Crippen LogP contribution is 2.72. The molecule has 1 saturated heterocycles. The summed E-state index contributed by atoms with van der Waals surface area (Å²) in [6.07, 6.45) is 5.76. The Morgan fingerprint density at radius 1 is 0.655 bits per heavy atom.